The second-order valence-electron chi connectivity index (χ2n) is 8.06. The number of piperazine rings is 1. The molecule has 31 heavy (non-hydrogen) atoms. The van der Waals surface area contributed by atoms with E-state index in [0.717, 1.165) is 18.7 Å². The summed E-state index contributed by atoms with van der Waals surface area (Å²) < 4.78 is 5.02. The molecule has 2 heterocycles. The van der Waals surface area contributed by atoms with Crippen molar-refractivity contribution in [3.8, 4) is 0 Å². The molecule has 0 aromatic heterocycles. The summed E-state index contributed by atoms with van der Waals surface area (Å²) in [5.74, 6) is -0.775. The zero-order valence-corrected chi connectivity index (χ0v) is 17.9. The number of methoxy groups -OCH3 is 1. The van der Waals surface area contributed by atoms with Crippen LogP contribution in [0.5, 0.6) is 0 Å². The van der Waals surface area contributed by atoms with Crippen LogP contribution in [0, 0.1) is 0 Å². The number of amides is 3. The Balaban J connectivity index is 1.59. The second kappa shape index (κ2) is 8.99. The zero-order valence-electron chi connectivity index (χ0n) is 17.9. The van der Waals surface area contributed by atoms with Gasteiger partial charge < -0.3 is 14.5 Å². The van der Waals surface area contributed by atoms with E-state index in [1.165, 1.54) is 4.90 Å². The molecule has 7 nitrogen and oxygen atoms in total. The number of ether oxygens (including phenoxy) is 1. The summed E-state index contributed by atoms with van der Waals surface area (Å²) in [6.45, 7) is 2.90. The van der Waals surface area contributed by atoms with Crippen molar-refractivity contribution in [3.05, 3.63) is 70.8 Å². The van der Waals surface area contributed by atoms with Crippen molar-refractivity contribution in [2.45, 2.75) is 12.5 Å². The summed E-state index contributed by atoms with van der Waals surface area (Å²) in [7, 11) is 3.64. The number of rotatable bonds is 6. The third-order valence-corrected chi connectivity index (χ3v) is 5.98. The van der Waals surface area contributed by atoms with Crippen LogP contribution < -0.4 is 0 Å². The van der Waals surface area contributed by atoms with Gasteiger partial charge in [0.1, 0.15) is 0 Å². The van der Waals surface area contributed by atoms with Gasteiger partial charge in [-0.2, -0.15) is 0 Å². The Morgan fingerprint density at radius 2 is 1.77 bits per heavy atom. The zero-order chi connectivity index (χ0) is 22.0. The molecule has 2 aliphatic rings. The van der Waals surface area contributed by atoms with E-state index in [-0.39, 0.29) is 23.8 Å². The average Bonchev–Trinajstić information content (AvgIpc) is 3.03. The molecule has 7 heteroatoms. The van der Waals surface area contributed by atoms with Crippen molar-refractivity contribution in [2.24, 2.45) is 0 Å². The van der Waals surface area contributed by atoms with Gasteiger partial charge in [-0.15, -0.1) is 0 Å². The number of likely N-dealkylation sites (N-methyl/N-ethyl adjacent to an activating group) is 1. The number of nitrogens with zero attached hydrogens (tertiary/aromatic N) is 3. The number of carbonyl (C=O) groups is 3. The molecule has 1 atom stereocenters. The highest BCUT2D eigenvalue weighted by Crippen LogP contribution is 2.29. The predicted molar refractivity (Wildman–Crippen MR) is 116 cm³/mol. The number of hydrogen-bond acceptors (Lipinski definition) is 5. The molecule has 0 bridgehead atoms. The van der Waals surface area contributed by atoms with E-state index < -0.39 is 0 Å². The first-order valence-corrected chi connectivity index (χ1v) is 10.5. The summed E-state index contributed by atoms with van der Waals surface area (Å²) >= 11 is 0. The lowest BCUT2D eigenvalue weighted by Gasteiger charge is -2.40. The van der Waals surface area contributed by atoms with Crippen LogP contribution >= 0.6 is 0 Å². The van der Waals surface area contributed by atoms with E-state index >= 15 is 0 Å². The molecule has 1 fully saturated rings. The largest absolute Gasteiger partial charge is 0.385 e. The Hall–Kier alpha value is -3.03. The minimum Gasteiger partial charge on any atom is -0.385 e. The summed E-state index contributed by atoms with van der Waals surface area (Å²) in [5.41, 5.74) is 2.18. The van der Waals surface area contributed by atoms with Crippen LogP contribution in [-0.4, -0.2) is 79.4 Å². The van der Waals surface area contributed by atoms with Gasteiger partial charge in [0.2, 0.25) is 0 Å². The van der Waals surface area contributed by atoms with E-state index in [1.807, 2.05) is 35.2 Å². The molecule has 2 aromatic rings. The fraction of sp³-hybridized carbons (Fsp3) is 0.375. The Morgan fingerprint density at radius 3 is 2.52 bits per heavy atom. The standard InChI is InChI=1S/C24H27N3O4/c1-25-12-13-26(21(16-25)17-7-4-3-5-8-17)22(28)18-9-10-19-20(15-18)24(30)27(23(19)29)11-6-14-31-2/h3-5,7-10,15,21H,6,11-14,16H2,1-2H3. The van der Waals surface area contributed by atoms with Gasteiger partial charge in [0.25, 0.3) is 17.7 Å². The van der Waals surface area contributed by atoms with E-state index in [0.29, 0.717) is 42.8 Å². The van der Waals surface area contributed by atoms with Gasteiger partial charge in [-0.3, -0.25) is 19.3 Å². The molecule has 3 amide bonds. The van der Waals surface area contributed by atoms with Gasteiger partial charge in [-0.25, -0.2) is 0 Å². The van der Waals surface area contributed by atoms with Gasteiger partial charge in [-0.05, 0) is 37.2 Å². The van der Waals surface area contributed by atoms with Crippen LogP contribution in [0.3, 0.4) is 0 Å². The monoisotopic (exact) mass is 421 g/mol. The fourth-order valence-electron chi connectivity index (χ4n) is 4.28. The predicted octanol–water partition coefficient (Wildman–Crippen LogP) is 2.45. The van der Waals surface area contributed by atoms with E-state index in [2.05, 4.69) is 11.9 Å². The van der Waals surface area contributed by atoms with Crippen molar-refractivity contribution in [1.29, 1.82) is 0 Å². The number of hydrogen-bond donors (Lipinski definition) is 0. The van der Waals surface area contributed by atoms with Gasteiger partial charge in [0.05, 0.1) is 17.2 Å². The van der Waals surface area contributed by atoms with Crippen LogP contribution in [0.2, 0.25) is 0 Å². The van der Waals surface area contributed by atoms with Crippen LogP contribution in [0.25, 0.3) is 0 Å². The first kappa shape index (κ1) is 21.2. The number of carbonyl (C=O) groups excluding carboxylic acids is 3. The minimum absolute atomic E-state index is 0.0661. The van der Waals surface area contributed by atoms with Crippen LogP contribution in [0.15, 0.2) is 48.5 Å². The fourth-order valence-corrected chi connectivity index (χ4v) is 4.28. The number of imide groups is 1. The summed E-state index contributed by atoms with van der Waals surface area (Å²) in [5, 5.41) is 0. The molecule has 4 rings (SSSR count). The normalized spacial score (nSPS) is 19.1. The van der Waals surface area contributed by atoms with Crippen molar-refractivity contribution in [1.82, 2.24) is 14.7 Å². The smallest absolute Gasteiger partial charge is 0.261 e. The molecule has 2 aliphatic heterocycles. The Kier molecular flexibility index (Phi) is 6.15. The van der Waals surface area contributed by atoms with Gasteiger partial charge >= 0.3 is 0 Å². The molecule has 2 aromatic carbocycles. The van der Waals surface area contributed by atoms with E-state index in [1.54, 1.807) is 25.3 Å². The molecule has 0 aliphatic carbocycles. The summed E-state index contributed by atoms with van der Waals surface area (Å²) in [6.07, 6.45) is 0.577. The highest BCUT2D eigenvalue weighted by molar-refractivity contribution is 6.22. The Morgan fingerprint density at radius 1 is 1.03 bits per heavy atom. The van der Waals surface area contributed by atoms with Crippen molar-refractivity contribution in [2.75, 3.05) is 46.9 Å². The SMILES string of the molecule is COCCCN1C(=O)c2ccc(C(=O)N3CCN(C)CC3c3ccccc3)cc2C1=O. The van der Waals surface area contributed by atoms with Gasteiger partial charge in [0.15, 0.2) is 0 Å². The van der Waals surface area contributed by atoms with Gasteiger partial charge in [-0.1, -0.05) is 30.3 Å². The molecule has 162 valence electrons. The van der Waals surface area contributed by atoms with E-state index in [9.17, 15) is 14.4 Å². The quantitative estimate of drug-likeness (QED) is 0.529. The Bertz CT molecular complexity index is 992. The third kappa shape index (κ3) is 4.11. The molecular weight excluding hydrogens is 394 g/mol. The lowest BCUT2D eigenvalue weighted by molar-refractivity contribution is 0.0497. The maximum Gasteiger partial charge on any atom is 0.261 e. The Labute approximate surface area is 182 Å². The van der Waals surface area contributed by atoms with Crippen LogP contribution in [0.1, 0.15) is 49.1 Å². The molecule has 1 unspecified atom stereocenters. The molecule has 1 saturated heterocycles. The molecule has 0 saturated carbocycles. The minimum atomic E-state index is -0.344. The molecule has 0 N–H and O–H groups in total. The first-order chi connectivity index (χ1) is 15.0. The lowest BCUT2D eigenvalue weighted by atomic mass is 10.00. The first-order valence-electron chi connectivity index (χ1n) is 10.5. The molecular formula is C24H27N3O4. The molecule has 0 radical (unpaired) electrons. The van der Waals surface area contributed by atoms with Crippen molar-refractivity contribution in [3.63, 3.8) is 0 Å². The van der Waals surface area contributed by atoms with Crippen LogP contribution in [-0.2, 0) is 4.74 Å². The lowest BCUT2D eigenvalue weighted by Crippen LogP contribution is -2.49. The number of benzene rings is 2. The number of fused-ring (bicyclic) bond motifs is 1. The van der Waals surface area contributed by atoms with E-state index in [4.69, 9.17) is 4.74 Å². The second-order valence-corrected chi connectivity index (χ2v) is 8.06. The maximum atomic E-state index is 13.5. The summed E-state index contributed by atoms with van der Waals surface area (Å²) in [4.78, 5) is 44.2. The van der Waals surface area contributed by atoms with Crippen molar-refractivity contribution < 1.29 is 19.1 Å². The topological polar surface area (TPSA) is 70.2 Å². The third-order valence-electron chi connectivity index (χ3n) is 5.98. The molecule has 0 spiro atoms. The van der Waals surface area contributed by atoms with Gasteiger partial charge in [0, 0.05) is 45.5 Å². The van der Waals surface area contributed by atoms with Crippen LogP contribution in [0.4, 0.5) is 0 Å². The summed E-state index contributed by atoms with van der Waals surface area (Å²) in [6, 6.07) is 14.8. The highest BCUT2D eigenvalue weighted by atomic mass is 16.5. The van der Waals surface area contributed by atoms with Crippen molar-refractivity contribution >= 4 is 17.7 Å². The maximum absolute atomic E-state index is 13.5. The average molecular weight is 421 g/mol. The highest BCUT2D eigenvalue weighted by Gasteiger charge is 2.37.